The van der Waals surface area contributed by atoms with Crippen molar-refractivity contribution < 1.29 is 4.79 Å². The topological polar surface area (TPSA) is 56.7 Å². The number of amides is 2. The van der Waals surface area contributed by atoms with Gasteiger partial charge in [-0.25, -0.2) is 4.79 Å². The van der Waals surface area contributed by atoms with Crippen LogP contribution in [0.3, 0.4) is 0 Å². The summed E-state index contributed by atoms with van der Waals surface area (Å²) in [5.41, 5.74) is 0. The second kappa shape index (κ2) is 3.93. The molecule has 1 aliphatic rings. The van der Waals surface area contributed by atoms with Gasteiger partial charge in [0.2, 0.25) is 5.96 Å². The molecule has 0 radical (unpaired) electrons. The molecule has 1 rings (SSSR count). The van der Waals surface area contributed by atoms with Crippen molar-refractivity contribution in [2.24, 2.45) is 4.99 Å². The zero-order valence-electron chi connectivity index (χ0n) is 7.87. The highest BCUT2D eigenvalue weighted by Crippen LogP contribution is 2.02. The van der Waals surface area contributed by atoms with E-state index in [-0.39, 0.29) is 12.1 Å². The molecule has 1 heterocycles. The molecule has 2 amide bonds. The summed E-state index contributed by atoms with van der Waals surface area (Å²) in [5, 5.41) is 5.68. The molecule has 0 aliphatic carbocycles. The van der Waals surface area contributed by atoms with E-state index < -0.39 is 0 Å². The van der Waals surface area contributed by atoms with Crippen molar-refractivity contribution in [1.29, 1.82) is 0 Å². The minimum atomic E-state index is -0.224. The Kier molecular flexibility index (Phi) is 2.89. The Morgan fingerprint density at radius 3 is 2.92 bits per heavy atom. The molecule has 0 aromatic rings. The number of guanidine groups is 1. The van der Waals surface area contributed by atoms with Crippen LogP contribution in [0.4, 0.5) is 4.79 Å². The minimum absolute atomic E-state index is 0.161. The van der Waals surface area contributed by atoms with E-state index in [0.717, 1.165) is 0 Å². The molecule has 0 aromatic heterocycles. The molecular weight excluding hydrogens is 168 g/mol. The molecule has 0 unspecified atom stereocenters. The predicted octanol–water partition coefficient (Wildman–Crippen LogP) is 0.467. The Morgan fingerprint density at radius 2 is 2.46 bits per heavy atom. The van der Waals surface area contributed by atoms with Gasteiger partial charge in [-0.3, -0.25) is 0 Å². The van der Waals surface area contributed by atoms with E-state index in [2.05, 4.69) is 22.2 Å². The van der Waals surface area contributed by atoms with Gasteiger partial charge in [-0.2, -0.15) is 4.99 Å². The largest absolute Gasteiger partial charge is 0.348 e. The van der Waals surface area contributed by atoms with Crippen LogP contribution in [0.2, 0.25) is 0 Å². The molecule has 13 heavy (non-hydrogen) atoms. The van der Waals surface area contributed by atoms with Crippen LogP contribution >= 0.6 is 0 Å². The van der Waals surface area contributed by atoms with Crippen molar-refractivity contribution in [2.45, 2.75) is 19.9 Å². The summed E-state index contributed by atoms with van der Waals surface area (Å²) in [7, 11) is 0. The third kappa shape index (κ3) is 2.21. The fourth-order valence-corrected chi connectivity index (χ4v) is 1.01. The Hall–Kier alpha value is -1.52. The van der Waals surface area contributed by atoms with Gasteiger partial charge in [0.05, 0.1) is 6.67 Å². The van der Waals surface area contributed by atoms with Crippen LogP contribution < -0.4 is 10.6 Å². The second-order valence-electron chi connectivity index (χ2n) is 2.99. The number of nitrogens with one attached hydrogen (secondary N) is 2. The van der Waals surface area contributed by atoms with Crippen molar-refractivity contribution in [3.05, 3.63) is 12.8 Å². The molecule has 2 N–H and O–H groups in total. The highest BCUT2D eigenvalue weighted by atomic mass is 16.2. The third-order valence-electron chi connectivity index (χ3n) is 1.73. The van der Waals surface area contributed by atoms with E-state index in [1.165, 1.54) is 6.20 Å². The maximum atomic E-state index is 11.3. The number of aliphatic imine (C=N–C) groups is 1. The molecular formula is C8H14N4O. The fourth-order valence-electron chi connectivity index (χ4n) is 1.01. The zero-order chi connectivity index (χ0) is 9.84. The van der Waals surface area contributed by atoms with Crippen LogP contribution in [0.5, 0.6) is 0 Å². The summed E-state index contributed by atoms with van der Waals surface area (Å²) in [6, 6.07) is -0.0628. The molecule has 0 saturated heterocycles. The lowest BCUT2D eigenvalue weighted by Crippen LogP contribution is -2.51. The van der Waals surface area contributed by atoms with E-state index in [4.69, 9.17) is 0 Å². The van der Waals surface area contributed by atoms with E-state index in [0.29, 0.717) is 12.6 Å². The van der Waals surface area contributed by atoms with Crippen LogP contribution in [-0.4, -0.2) is 29.6 Å². The van der Waals surface area contributed by atoms with Gasteiger partial charge in [0.1, 0.15) is 0 Å². The molecule has 5 nitrogen and oxygen atoms in total. The van der Waals surface area contributed by atoms with E-state index >= 15 is 0 Å². The lowest BCUT2D eigenvalue weighted by Gasteiger charge is -2.29. The normalized spacial score (nSPS) is 16.7. The molecule has 1 aliphatic heterocycles. The van der Waals surface area contributed by atoms with Gasteiger partial charge in [-0.1, -0.05) is 6.58 Å². The SMILES string of the molecule is C=CNC1=NC(=O)N(C(C)C)CN1. The molecule has 5 heteroatoms. The van der Waals surface area contributed by atoms with Crippen molar-refractivity contribution >= 4 is 12.0 Å². The van der Waals surface area contributed by atoms with Gasteiger partial charge in [0.15, 0.2) is 0 Å². The standard InChI is InChI=1S/C8H14N4O/c1-4-9-7-10-5-12(6(2)3)8(13)11-7/h4,6H,1,5H2,2-3H3,(H2,9,10,11,13). The van der Waals surface area contributed by atoms with E-state index in [9.17, 15) is 4.79 Å². The third-order valence-corrected chi connectivity index (χ3v) is 1.73. The number of urea groups is 1. The number of nitrogens with zero attached hydrogens (tertiary/aromatic N) is 2. The second-order valence-corrected chi connectivity index (χ2v) is 2.99. The van der Waals surface area contributed by atoms with Crippen LogP contribution in [0.1, 0.15) is 13.8 Å². The van der Waals surface area contributed by atoms with Gasteiger partial charge in [0, 0.05) is 6.04 Å². The average Bonchev–Trinajstić information content (AvgIpc) is 2.04. The van der Waals surface area contributed by atoms with Crippen molar-refractivity contribution in [2.75, 3.05) is 6.67 Å². The Morgan fingerprint density at radius 1 is 1.77 bits per heavy atom. The fraction of sp³-hybridized carbons (Fsp3) is 0.500. The van der Waals surface area contributed by atoms with Gasteiger partial charge in [0.25, 0.3) is 0 Å². The summed E-state index contributed by atoms with van der Waals surface area (Å²) in [6.45, 7) is 7.85. The highest BCUT2D eigenvalue weighted by molar-refractivity contribution is 5.94. The quantitative estimate of drug-likeness (QED) is 0.652. The van der Waals surface area contributed by atoms with Gasteiger partial charge in [-0.15, -0.1) is 0 Å². The zero-order valence-corrected chi connectivity index (χ0v) is 7.87. The molecule has 0 fully saturated rings. The van der Waals surface area contributed by atoms with E-state index in [1.54, 1.807) is 4.90 Å². The van der Waals surface area contributed by atoms with Crippen LogP contribution in [0.15, 0.2) is 17.8 Å². The molecule has 0 bridgehead atoms. The first kappa shape index (κ1) is 9.57. The van der Waals surface area contributed by atoms with Crippen molar-refractivity contribution in [3.63, 3.8) is 0 Å². The number of hydrogen-bond acceptors (Lipinski definition) is 3. The Balaban J connectivity index is 2.65. The predicted molar refractivity (Wildman–Crippen MR) is 51.1 cm³/mol. The average molecular weight is 182 g/mol. The first-order valence-corrected chi connectivity index (χ1v) is 4.15. The molecule has 72 valence electrons. The summed E-state index contributed by atoms with van der Waals surface area (Å²) in [4.78, 5) is 16.8. The number of carbonyl (C=O) groups is 1. The van der Waals surface area contributed by atoms with Crippen molar-refractivity contribution in [1.82, 2.24) is 15.5 Å². The summed E-state index contributed by atoms with van der Waals surface area (Å²) in [6.07, 6.45) is 1.48. The monoisotopic (exact) mass is 182 g/mol. The summed E-state index contributed by atoms with van der Waals surface area (Å²) in [5.74, 6) is 0.455. The summed E-state index contributed by atoms with van der Waals surface area (Å²) < 4.78 is 0. The first-order valence-electron chi connectivity index (χ1n) is 4.15. The number of carbonyl (C=O) groups excluding carboxylic acids is 1. The lowest BCUT2D eigenvalue weighted by atomic mass is 10.3. The maximum Gasteiger partial charge on any atom is 0.348 e. The Bertz CT molecular complexity index is 247. The van der Waals surface area contributed by atoms with Crippen LogP contribution in [-0.2, 0) is 0 Å². The van der Waals surface area contributed by atoms with Gasteiger partial charge < -0.3 is 15.5 Å². The lowest BCUT2D eigenvalue weighted by molar-refractivity contribution is 0.187. The Labute approximate surface area is 77.5 Å². The van der Waals surface area contributed by atoms with Gasteiger partial charge in [-0.05, 0) is 20.0 Å². The minimum Gasteiger partial charge on any atom is -0.338 e. The van der Waals surface area contributed by atoms with Crippen molar-refractivity contribution in [3.8, 4) is 0 Å². The highest BCUT2D eigenvalue weighted by Gasteiger charge is 2.20. The van der Waals surface area contributed by atoms with E-state index in [1.807, 2.05) is 13.8 Å². The molecule has 0 spiro atoms. The number of rotatable bonds is 2. The summed E-state index contributed by atoms with van der Waals surface area (Å²) >= 11 is 0. The van der Waals surface area contributed by atoms with Gasteiger partial charge >= 0.3 is 6.03 Å². The smallest absolute Gasteiger partial charge is 0.338 e. The first-order chi connectivity index (χ1) is 6.15. The molecule has 0 aromatic carbocycles. The van der Waals surface area contributed by atoms with Crippen LogP contribution in [0.25, 0.3) is 0 Å². The van der Waals surface area contributed by atoms with Crippen LogP contribution in [0, 0.1) is 0 Å². The molecule has 0 saturated carbocycles. The molecule has 0 atom stereocenters. The number of hydrogen-bond donors (Lipinski definition) is 2. The maximum absolute atomic E-state index is 11.3.